The van der Waals surface area contributed by atoms with Crippen LogP contribution in [0.4, 0.5) is 4.39 Å². The fourth-order valence-corrected chi connectivity index (χ4v) is 3.21. The van der Waals surface area contributed by atoms with E-state index in [-0.39, 0.29) is 11.7 Å². The molecular formula is C18H23FN4O. The summed E-state index contributed by atoms with van der Waals surface area (Å²) in [6.07, 6.45) is 3.98. The SMILES string of the molecule is CN(Cc1ccc(F)cc1)C(=O)CN1CCC[C@@H](c2ccn[nH]2)C1. The Morgan fingerprint density at radius 3 is 2.88 bits per heavy atom. The van der Waals surface area contributed by atoms with Crippen molar-refractivity contribution in [2.75, 3.05) is 26.7 Å². The molecule has 1 atom stereocenters. The molecule has 2 heterocycles. The molecule has 24 heavy (non-hydrogen) atoms. The van der Waals surface area contributed by atoms with E-state index in [2.05, 4.69) is 15.1 Å². The third kappa shape index (κ3) is 4.20. The smallest absolute Gasteiger partial charge is 0.236 e. The van der Waals surface area contributed by atoms with Crippen molar-refractivity contribution in [1.82, 2.24) is 20.0 Å². The summed E-state index contributed by atoms with van der Waals surface area (Å²) < 4.78 is 13.0. The van der Waals surface area contributed by atoms with Crippen molar-refractivity contribution in [3.8, 4) is 0 Å². The number of nitrogens with one attached hydrogen (secondary N) is 1. The van der Waals surface area contributed by atoms with E-state index < -0.39 is 0 Å². The minimum absolute atomic E-state index is 0.0876. The van der Waals surface area contributed by atoms with Crippen LogP contribution < -0.4 is 0 Å². The quantitative estimate of drug-likeness (QED) is 0.916. The van der Waals surface area contributed by atoms with Crippen molar-refractivity contribution < 1.29 is 9.18 Å². The van der Waals surface area contributed by atoms with Gasteiger partial charge >= 0.3 is 0 Å². The second-order valence-corrected chi connectivity index (χ2v) is 6.46. The van der Waals surface area contributed by atoms with Gasteiger partial charge in [-0.1, -0.05) is 12.1 Å². The number of likely N-dealkylation sites (tertiary alicyclic amines) is 1. The molecule has 3 rings (SSSR count). The average Bonchev–Trinajstić information content (AvgIpc) is 3.12. The van der Waals surface area contributed by atoms with E-state index in [1.165, 1.54) is 12.1 Å². The minimum atomic E-state index is -0.258. The van der Waals surface area contributed by atoms with Crippen molar-refractivity contribution in [1.29, 1.82) is 0 Å². The molecule has 5 nitrogen and oxygen atoms in total. The number of aromatic amines is 1. The summed E-state index contributed by atoms with van der Waals surface area (Å²) in [5.74, 6) is 0.243. The summed E-state index contributed by atoms with van der Waals surface area (Å²) in [4.78, 5) is 16.4. The van der Waals surface area contributed by atoms with Crippen LogP contribution in [0.2, 0.25) is 0 Å². The van der Waals surface area contributed by atoms with Crippen LogP contribution in [0.5, 0.6) is 0 Å². The number of halogens is 1. The Bertz CT molecular complexity index is 656. The molecule has 0 unspecified atom stereocenters. The summed E-state index contributed by atoms with van der Waals surface area (Å²) in [5, 5.41) is 7.06. The third-order valence-electron chi connectivity index (χ3n) is 4.59. The van der Waals surface area contributed by atoms with E-state index in [1.807, 2.05) is 6.07 Å². The number of likely N-dealkylation sites (N-methyl/N-ethyl adjacent to an activating group) is 1. The second kappa shape index (κ2) is 7.57. The van der Waals surface area contributed by atoms with Crippen molar-refractivity contribution in [3.05, 3.63) is 53.6 Å². The summed E-state index contributed by atoms with van der Waals surface area (Å²) in [6, 6.07) is 8.29. The van der Waals surface area contributed by atoms with Gasteiger partial charge in [0.2, 0.25) is 5.91 Å². The van der Waals surface area contributed by atoms with E-state index in [0.29, 0.717) is 19.0 Å². The van der Waals surface area contributed by atoms with Gasteiger partial charge in [-0.2, -0.15) is 5.10 Å². The van der Waals surface area contributed by atoms with Crippen LogP contribution in [0.25, 0.3) is 0 Å². The maximum absolute atomic E-state index is 13.0. The van der Waals surface area contributed by atoms with Gasteiger partial charge in [-0.05, 0) is 43.1 Å². The van der Waals surface area contributed by atoms with E-state index >= 15 is 0 Å². The number of aromatic nitrogens is 2. The molecule has 1 aliphatic heterocycles. The molecule has 1 aromatic carbocycles. The van der Waals surface area contributed by atoms with E-state index in [0.717, 1.165) is 37.2 Å². The summed E-state index contributed by atoms with van der Waals surface area (Å²) in [5.41, 5.74) is 2.08. The normalized spacial score (nSPS) is 18.5. The van der Waals surface area contributed by atoms with E-state index in [4.69, 9.17) is 0 Å². The molecule has 1 fully saturated rings. The number of carbonyl (C=O) groups excluding carboxylic acids is 1. The van der Waals surface area contributed by atoms with Crippen molar-refractivity contribution in [2.24, 2.45) is 0 Å². The fraction of sp³-hybridized carbons (Fsp3) is 0.444. The van der Waals surface area contributed by atoms with Crippen molar-refractivity contribution in [3.63, 3.8) is 0 Å². The largest absolute Gasteiger partial charge is 0.340 e. The first-order valence-corrected chi connectivity index (χ1v) is 8.32. The topological polar surface area (TPSA) is 52.2 Å². The first-order valence-electron chi connectivity index (χ1n) is 8.32. The first-order chi connectivity index (χ1) is 11.6. The molecule has 0 radical (unpaired) electrons. The number of hydrogen-bond acceptors (Lipinski definition) is 3. The fourth-order valence-electron chi connectivity index (χ4n) is 3.21. The zero-order valence-corrected chi connectivity index (χ0v) is 13.9. The van der Waals surface area contributed by atoms with Crippen molar-refractivity contribution in [2.45, 2.75) is 25.3 Å². The lowest BCUT2D eigenvalue weighted by Gasteiger charge is -2.32. The number of amides is 1. The molecule has 1 aromatic heterocycles. The number of benzene rings is 1. The second-order valence-electron chi connectivity index (χ2n) is 6.46. The number of H-pyrrole nitrogens is 1. The van der Waals surface area contributed by atoms with Crippen LogP contribution in [-0.2, 0) is 11.3 Å². The highest BCUT2D eigenvalue weighted by Crippen LogP contribution is 2.25. The molecule has 6 heteroatoms. The zero-order valence-electron chi connectivity index (χ0n) is 13.9. The highest BCUT2D eigenvalue weighted by molar-refractivity contribution is 5.78. The minimum Gasteiger partial charge on any atom is -0.340 e. The van der Waals surface area contributed by atoms with E-state index in [1.54, 1.807) is 30.3 Å². The maximum Gasteiger partial charge on any atom is 0.236 e. The number of piperidine rings is 1. The van der Waals surface area contributed by atoms with Crippen LogP contribution in [-0.4, -0.2) is 52.6 Å². The maximum atomic E-state index is 13.0. The number of carbonyl (C=O) groups is 1. The standard InChI is InChI=1S/C18H23FN4O/c1-22(11-14-4-6-16(19)7-5-14)18(24)13-23-10-2-3-15(12-23)17-8-9-20-21-17/h4-9,15H,2-3,10-13H2,1H3,(H,20,21)/t15-/m1/s1. The van der Waals surface area contributed by atoms with Gasteiger partial charge < -0.3 is 4.90 Å². The molecule has 128 valence electrons. The molecule has 1 N–H and O–H groups in total. The lowest BCUT2D eigenvalue weighted by molar-refractivity contribution is -0.131. The van der Waals surface area contributed by atoms with Gasteiger partial charge in [0.15, 0.2) is 0 Å². The molecule has 1 amide bonds. The molecule has 0 spiro atoms. The average molecular weight is 330 g/mol. The molecule has 1 saturated heterocycles. The van der Waals surface area contributed by atoms with Gasteiger partial charge in [0.05, 0.1) is 6.54 Å². The number of nitrogens with zero attached hydrogens (tertiary/aromatic N) is 3. The first kappa shape index (κ1) is 16.6. The van der Waals surface area contributed by atoms with Gasteiger partial charge in [-0.25, -0.2) is 4.39 Å². The Balaban J connectivity index is 1.52. The Morgan fingerprint density at radius 2 is 2.17 bits per heavy atom. The predicted octanol–water partition coefficient (Wildman–Crippen LogP) is 2.39. The molecule has 0 bridgehead atoms. The highest BCUT2D eigenvalue weighted by Gasteiger charge is 2.24. The highest BCUT2D eigenvalue weighted by atomic mass is 19.1. The summed E-state index contributed by atoms with van der Waals surface area (Å²) >= 11 is 0. The van der Waals surface area contributed by atoms with E-state index in [9.17, 15) is 9.18 Å². The van der Waals surface area contributed by atoms with Gasteiger partial charge in [-0.3, -0.25) is 14.8 Å². The summed E-state index contributed by atoms with van der Waals surface area (Å²) in [7, 11) is 1.79. The third-order valence-corrected chi connectivity index (χ3v) is 4.59. The van der Waals surface area contributed by atoms with Gasteiger partial charge in [0.25, 0.3) is 0 Å². The van der Waals surface area contributed by atoms with Crippen LogP contribution in [0, 0.1) is 5.82 Å². The van der Waals surface area contributed by atoms with Gasteiger partial charge in [0, 0.05) is 37.9 Å². The van der Waals surface area contributed by atoms with Gasteiger partial charge in [0.1, 0.15) is 5.82 Å². The Kier molecular flexibility index (Phi) is 5.25. The lowest BCUT2D eigenvalue weighted by atomic mass is 9.95. The van der Waals surface area contributed by atoms with Crippen molar-refractivity contribution >= 4 is 5.91 Å². The molecular weight excluding hydrogens is 307 g/mol. The molecule has 1 aliphatic rings. The number of hydrogen-bond donors (Lipinski definition) is 1. The Morgan fingerprint density at radius 1 is 1.38 bits per heavy atom. The van der Waals surface area contributed by atoms with Crippen LogP contribution >= 0.6 is 0 Å². The Hall–Kier alpha value is -2.21. The number of rotatable bonds is 5. The summed E-state index contributed by atoms with van der Waals surface area (Å²) in [6.45, 7) is 2.73. The van der Waals surface area contributed by atoms with Gasteiger partial charge in [-0.15, -0.1) is 0 Å². The Labute approximate surface area is 141 Å². The lowest BCUT2D eigenvalue weighted by Crippen LogP contribution is -2.42. The van der Waals surface area contributed by atoms with Crippen LogP contribution in [0.3, 0.4) is 0 Å². The molecule has 0 saturated carbocycles. The predicted molar refractivity (Wildman–Crippen MR) is 89.9 cm³/mol. The van der Waals surface area contributed by atoms with Crippen LogP contribution in [0.1, 0.15) is 30.0 Å². The zero-order chi connectivity index (χ0) is 16.9. The van der Waals surface area contributed by atoms with Crippen LogP contribution in [0.15, 0.2) is 36.5 Å². The molecule has 2 aromatic rings. The molecule has 0 aliphatic carbocycles. The monoisotopic (exact) mass is 330 g/mol.